The normalized spacial score (nSPS) is 21.2. The zero-order valence-corrected chi connectivity index (χ0v) is 10.7. The van der Waals surface area contributed by atoms with E-state index in [1.54, 1.807) is 10.9 Å². The van der Waals surface area contributed by atoms with Crippen LogP contribution in [0.1, 0.15) is 24.6 Å². The third kappa shape index (κ3) is 2.52. The van der Waals surface area contributed by atoms with E-state index in [4.69, 9.17) is 0 Å². The van der Waals surface area contributed by atoms with Crippen LogP contribution < -0.4 is 5.32 Å². The molecule has 2 aromatic rings. The molecule has 5 heteroatoms. The Morgan fingerprint density at radius 3 is 2.89 bits per heavy atom. The fourth-order valence-electron chi connectivity index (χ4n) is 2.60. The van der Waals surface area contributed by atoms with Gasteiger partial charge in [0, 0.05) is 12.5 Å². The van der Waals surface area contributed by atoms with Gasteiger partial charge in [-0.2, -0.15) is 0 Å². The van der Waals surface area contributed by atoms with Gasteiger partial charge in [-0.1, -0.05) is 23.4 Å². The number of aromatic nitrogens is 3. The van der Waals surface area contributed by atoms with Crippen LogP contribution in [0.15, 0.2) is 36.5 Å². The summed E-state index contributed by atoms with van der Waals surface area (Å²) in [7, 11) is 0. The van der Waals surface area contributed by atoms with Crippen LogP contribution in [0.25, 0.3) is 5.69 Å². The highest BCUT2D eigenvalue weighted by Gasteiger charge is 2.26. The average molecular weight is 258 g/mol. The Morgan fingerprint density at radius 2 is 2.16 bits per heavy atom. The number of nitrogens with one attached hydrogen (secondary N) is 1. The zero-order valence-electron chi connectivity index (χ0n) is 10.7. The second-order valence-electron chi connectivity index (χ2n) is 4.96. The third-order valence-electron chi connectivity index (χ3n) is 3.66. The molecule has 2 atom stereocenters. The smallest absolute Gasteiger partial charge is 0.102 e. The van der Waals surface area contributed by atoms with Crippen molar-refractivity contribution in [3.63, 3.8) is 0 Å². The topological polar surface area (TPSA) is 63.0 Å². The van der Waals surface area contributed by atoms with E-state index in [1.807, 2.05) is 30.3 Å². The summed E-state index contributed by atoms with van der Waals surface area (Å²) < 4.78 is 1.72. The van der Waals surface area contributed by atoms with Crippen LogP contribution in [-0.2, 0) is 0 Å². The number of aliphatic hydroxyl groups excluding tert-OH is 1. The van der Waals surface area contributed by atoms with Crippen LogP contribution in [0.4, 0.5) is 0 Å². The molecule has 2 heterocycles. The molecule has 19 heavy (non-hydrogen) atoms. The number of rotatable bonds is 3. The first-order valence-electron chi connectivity index (χ1n) is 6.71. The van der Waals surface area contributed by atoms with Gasteiger partial charge in [0.15, 0.2) is 0 Å². The summed E-state index contributed by atoms with van der Waals surface area (Å²) in [5.74, 6) is 0.231. The molecule has 1 aliphatic rings. The summed E-state index contributed by atoms with van der Waals surface area (Å²) in [6, 6.07) is 9.79. The molecular formula is C14H18N4O. The van der Waals surface area contributed by atoms with Crippen molar-refractivity contribution in [3.05, 3.63) is 42.2 Å². The molecule has 1 aromatic carbocycles. The number of para-hydroxylation sites is 1. The van der Waals surface area contributed by atoms with Crippen LogP contribution in [0, 0.1) is 5.92 Å². The van der Waals surface area contributed by atoms with Gasteiger partial charge in [0.25, 0.3) is 0 Å². The van der Waals surface area contributed by atoms with E-state index in [-0.39, 0.29) is 5.92 Å². The monoisotopic (exact) mass is 258 g/mol. The Bertz CT molecular complexity index is 519. The van der Waals surface area contributed by atoms with E-state index < -0.39 is 6.10 Å². The van der Waals surface area contributed by atoms with Crippen molar-refractivity contribution >= 4 is 0 Å². The highest BCUT2D eigenvalue weighted by Crippen LogP contribution is 2.27. The summed E-state index contributed by atoms with van der Waals surface area (Å²) in [6.07, 6.45) is 3.28. The lowest BCUT2D eigenvalue weighted by Crippen LogP contribution is -2.33. The van der Waals surface area contributed by atoms with Crippen molar-refractivity contribution in [2.75, 3.05) is 13.1 Å². The van der Waals surface area contributed by atoms with Gasteiger partial charge in [0.1, 0.15) is 6.10 Å². The van der Waals surface area contributed by atoms with Crippen LogP contribution in [0.3, 0.4) is 0 Å². The molecule has 0 bridgehead atoms. The Balaban J connectivity index is 1.87. The van der Waals surface area contributed by atoms with Gasteiger partial charge in [0.05, 0.1) is 17.6 Å². The number of benzene rings is 1. The summed E-state index contributed by atoms with van der Waals surface area (Å²) in [5, 5.41) is 21.9. The maximum absolute atomic E-state index is 10.5. The van der Waals surface area contributed by atoms with Crippen molar-refractivity contribution in [3.8, 4) is 5.69 Å². The molecule has 1 aromatic heterocycles. The molecule has 5 nitrogen and oxygen atoms in total. The largest absolute Gasteiger partial charge is 0.386 e. The first-order chi connectivity index (χ1) is 9.36. The first-order valence-corrected chi connectivity index (χ1v) is 6.71. The SMILES string of the molecule is OC(c1cnnn1-c1ccccc1)C1CCCNC1. The standard InChI is InChI=1S/C14H18N4O/c19-14(11-5-4-8-15-9-11)13-10-16-17-18(13)12-6-2-1-3-7-12/h1-3,6-7,10-11,14-15,19H,4-5,8-9H2. The van der Waals surface area contributed by atoms with Gasteiger partial charge in [-0.3, -0.25) is 0 Å². The molecule has 1 fully saturated rings. The summed E-state index contributed by atoms with van der Waals surface area (Å²) >= 11 is 0. The van der Waals surface area contributed by atoms with Gasteiger partial charge in [-0.15, -0.1) is 5.10 Å². The number of piperidine rings is 1. The van der Waals surface area contributed by atoms with Crippen molar-refractivity contribution in [1.29, 1.82) is 0 Å². The number of nitrogens with zero attached hydrogens (tertiary/aromatic N) is 3. The molecule has 0 spiro atoms. The number of hydrogen-bond acceptors (Lipinski definition) is 4. The number of hydrogen-bond donors (Lipinski definition) is 2. The fourth-order valence-corrected chi connectivity index (χ4v) is 2.60. The van der Waals surface area contributed by atoms with Crippen LogP contribution in [-0.4, -0.2) is 33.2 Å². The highest BCUT2D eigenvalue weighted by atomic mass is 16.3. The third-order valence-corrected chi connectivity index (χ3v) is 3.66. The maximum Gasteiger partial charge on any atom is 0.102 e. The maximum atomic E-state index is 10.5. The Morgan fingerprint density at radius 1 is 1.32 bits per heavy atom. The lowest BCUT2D eigenvalue weighted by Gasteiger charge is -2.27. The molecule has 3 rings (SSSR count). The van der Waals surface area contributed by atoms with Crippen molar-refractivity contribution < 1.29 is 5.11 Å². The van der Waals surface area contributed by atoms with Crippen molar-refractivity contribution in [2.45, 2.75) is 18.9 Å². The van der Waals surface area contributed by atoms with Crippen molar-refractivity contribution in [2.24, 2.45) is 5.92 Å². The summed E-state index contributed by atoms with van der Waals surface area (Å²) in [5.41, 5.74) is 1.69. The van der Waals surface area contributed by atoms with E-state index in [1.165, 1.54) is 0 Å². The summed E-state index contributed by atoms with van der Waals surface area (Å²) in [6.45, 7) is 1.89. The minimum absolute atomic E-state index is 0.231. The lowest BCUT2D eigenvalue weighted by molar-refractivity contribution is 0.0861. The first kappa shape index (κ1) is 12.3. The Hall–Kier alpha value is -1.72. The molecule has 2 N–H and O–H groups in total. The minimum atomic E-state index is -0.525. The predicted molar refractivity (Wildman–Crippen MR) is 71.9 cm³/mol. The second kappa shape index (κ2) is 5.50. The van der Waals surface area contributed by atoms with Gasteiger partial charge in [-0.05, 0) is 31.5 Å². The fraction of sp³-hybridized carbons (Fsp3) is 0.429. The molecule has 1 aliphatic heterocycles. The van der Waals surface area contributed by atoms with Gasteiger partial charge in [0.2, 0.25) is 0 Å². The molecule has 0 saturated carbocycles. The molecule has 1 saturated heterocycles. The van der Waals surface area contributed by atoms with Gasteiger partial charge in [-0.25, -0.2) is 4.68 Å². The summed E-state index contributed by atoms with van der Waals surface area (Å²) in [4.78, 5) is 0. The minimum Gasteiger partial charge on any atom is -0.386 e. The molecule has 0 amide bonds. The van der Waals surface area contributed by atoms with Crippen LogP contribution >= 0.6 is 0 Å². The highest BCUT2D eigenvalue weighted by molar-refractivity contribution is 5.32. The number of aliphatic hydroxyl groups is 1. The molecule has 0 radical (unpaired) electrons. The van der Waals surface area contributed by atoms with Gasteiger partial charge < -0.3 is 10.4 Å². The Labute approximate surface area is 112 Å². The molecule has 100 valence electrons. The van der Waals surface area contributed by atoms with E-state index in [0.717, 1.165) is 37.3 Å². The lowest BCUT2D eigenvalue weighted by atomic mass is 9.92. The van der Waals surface area contributed by atoms with E-state index >= 15 is 0 Å². The van der Waals surface area contributed by atoms with E-state index in [9.17, 15) is 5.11 Å². The van der Waals surface area contributed by atoms with Crippen LogP contribution in [0.5, 0.6) is 0 Å². The van der Waals surface area contributed by atoms with Gasteiger partial charge >= 0.3 is 0 Å². The van der Waals surface area contributed by atoms with Crippen molar-refractivity contribution in [1.82, 2.24) is 20.3 Å². The molecular weight excluding hydrogens is 240 g/mol. The quantitative estimate of drug-likeness (QED) is 0.871. The molecule has 2 unspecified atom stereocenters. The van der Waals surface area contributed by atoms with E-state index in [0.29, 0.717) is 0 Å². The van der Waals surface area contributed by atoms with Crippen LogP contribution in [0.2, 0.25) is 0 Å². The molecule has 0 aliphatic carbocycles. The zero-order chi connectivity index (χ0) is 13.1. The average Bonchev–Trinajstić information content (AvgIpc) is 2.98. The predicted octanol–water partition coefficient (Wildman–Crippen LogP) is 1.30. The van der Waals surface area contributed by atoms with E-state index in [2.05, 4.69) is 15.6 Å². The second-order valence-corrected chi connectivity index (χ2v) is 4.96. The Kier molecular flexibility index (Phi) is 3.57.